The highest BCUT2D eigenvalue weighted by Gasteiger charge is 2.12. The number of nitrogens with zero attached hydrogens (tertiary/aromatic N) is 3. The predicted octanol–water partition coefficient (Wildman–Crippen LogP) is 5.04. The number of nitro groups is 1. The van der Waals surface area contributed by atoms with Crippen LogP contribution >= 0.6 is 11.3 Å². The zero-order chi connectivity index (χ0) is 18.8. The Balaban J connectivity index is 1.47. The summed E-state index contributed by atoms with van der Waals surface area (Å²) in [5.41, 5.74) is 9.61. The van der Waals surface area contributed by atoms with Crippen molar-refractivity contribution in [2.24, 2.45) is 5.10 Å². The first kappa shape index (κ1) is 17.4. The second-order valence-electron chi connectivity index (χ2n) is 6.49. The lowest BCUT2D eigenvalue weighted by molar-refractivity contribution is -0.384. The number of thiazole rings is 1. The number of nitro benzene ring substituents is 1. The van der Waals surface area contributed by atoms with Crippen molar-refractivity contribution in [2.75, 3.05) is 5.43 Å². The van der Waals surface area contributed by atoms with Gasteiger partial charge in [0.25, 0.3) is 5.69 Å². The molecule has 7 heteroatoms. The molecule has 0 saturated heterocycles. The standard InChI is InChI=1S/C20H18N4O2S/c1-13(16-6-5-14-3-2-4-17(14)11-16)22-23-20-21-19(12-27-20)15-7-9-18(10-8-15)24(25)26/h5-12H,2-4H2,1H3,(H,21,23)/b22-13+. The Hall–Kier alpha value is -3.06. The van der Waals surface area contributed by atoms with Crippen molar-refractivity contribution in [2.45, 2.75) is 26.2 Å². The number of fused-ring (bicyclic) bond motifs is 1. The van der Waals surface area contributed by atoms with Crippen LogP contribution in [0.25, 0.3) is 11.3 Å². The summed E-state index contributed by atoms with van der Waals surface area (Å²) >= 11 is 1.45. The number of nitrogens with one attached hydrogen (secondary N) is 1. The van der Waals surface area contributed by atoms with Gasteiger partial charge in [-0.25, -0.2) is 4.98 Å². The Kier molecular flexibility index (Phi) is 4.68. The van der Waals surface area contributed by atoms with Gasteiger partial charge in [-0.05, 0) is 61.1 Å². The largest absolute Gasteiger partial charge is 0.269 e. The van der Waals surface area contributed by atoms with Crippen LogP contribution in [0.3, 0.4) is 0 Å². The summed E-state index contributed by atoms with van der Waals surface area (Å²) in [5, 5.41) is 17.8. The van der Waals surface area contributed by atoms with E-state index in [1.54, 1.807) is 12.1 Å². The number of anilines is 1. The number of hydrazone groups is 1. The van der Waals surface area contributed by atoms with Crippen molar-refractivity contribution < 1.29 is 4.92 Å². The first-order valence-electron chi connectivity index (χ1n) is 8.73. The molecule has 1 aromatic heterocycles. The molecule has 0 unspecified atom stereocenters. The van der Waals surface area contributed by atoms with Crippen LogP contribution in [0.4, 0.5) is 10.8 Å². The van der Waals surface area contributed by atoms with Gasteiger partial charge < -0.3 is 0 Å². The van der Waals surface area contributed by atoms with Crippen molar-refractivity contribution in [3.05, 3.63) is 74.6 Å². The number of hydrogen-bond acceptors (Lipinski definition) is 6. The van der Waals surface area contributed by atoms with Gasteiger partial charge in [-0.2, -0.15) is 5.10 Å². The summed E-state index contributed by atoms with van der Waals surface area (Å²) in [6, 6.07) is 12.9. The Labute approximate surface area is 160 Å². The number of aromatic nitrogens is 1. The molecule has 0 atom stereocenters. The number of rotatable bonds is 5. The molecule has 0 aliphatic heterocycles. The van der Waals surface area contributed by atoms with Crippen molar-refractivity contribution in [3.8, 4) is 11.3 Å². The Morgan fingerprint density at radius 2 is 1.96 bits per heavy atom. The lowest BCUT2D eigenvalue weighted by Crippen LogP contribution is -2.00. The molecule has 0 amide bonds. The number of benzene rings is 2. The summed E-state index contributed by atoms with van der Waals surface area (Å²) < 4.78 is 0. The normalized spacial score (nSPS) is 13.4. The van der Waals surface area contributed by atoms with E-state index in [2.05, 4.69) is 33.7 Å². The van der Waals surface area contributed by atoms with E-state index in [-0.39, 0.29) is 5.69 Å². The van der Waals surface area contributed by atoms with Crippen LogP contribution in [0.15, 0.2) is 52.9 Å². The van der Waals surface area contributed by atoms with Crippen LogP contribution < -0.4 is 5.43 Å². The van der Waals surface area contributed by atoms with Crippen molar-refractivity contribution >= 4 is 27.9 Å². The maximum atomic E-state index is 10.7. The molecule has 1 aliphatic rings. The van der Waals surface area contributed by atoms with Gasteiger partial charge in [-0.3, -0.25) is 15.5 Å². The Morgan fingerprint density at radius 1 is 1.19 bits per heavy atom. The SMILES string of the molecule is C/C(=N\Nc1nc(-c2ccc([N+](=O)[O-])cc2)cs1)c1ccc2c(c1)CCC2. The molecule has 0 radical (unpaired) electrons. The summed E-state index contributed by atoms with van der Waals surface area (Å²) in [6.07, 6.45) is 3.56. The van der Waals surface area contributed by atoms with Crippen LogP contribution in [-0.2, 0) is 12.8 Å². The molecule has 0 fully saturated rings. The molecule has 1 aliphatic carbocycles. The molecule has 6 nitrogen and oxygen atoms in total. The fourth-order valence-electron chi connectivity index (χ4n) is 3.20. The minimum atomic E-state index is -0.408. The van der Waals surface area contributed by atoms with Crippen LogP contribution in [-0.4, -0.2) is 15.6 Å². The lowest BCUT2D eigenvalue weighted by Gasteiger charge is -2.05. The second-order valence-corrected chi connectivity index (χ2v) is 7.35. The van der Waals surface area contributed by atoms with Crippen LogP contribution in [0.5, 0.6) is 0 Å². The highest BCUT2D eigenvalue weighted by molar-refractivity contribution is 7.14. The molecule has 27 heavy (non-hydrogen) atoms. The number of non-ortho nitro benzene ring substituents is 1. The topological polar surface area (TPSA) is 80.4 Å². The first-order chi connectivity index (χ1) is 13.1. The fourth-order valence-corrected chi connectivity index (χ4v) is 3.87. The molecule has 3 aromatic rings. The molecule has 136 valence electrons. The molecular formula is C20H18N4O2S. The second kappa shape index (κ2) is 7.28. The smallest absolute Gasteiger partial charge is 0.258 e. The summed E-state index contributed by atoms with van der Waals surface area (Å²) in [7, 11) is 0. The maximum absolute atomic E-state index is 10.7. The highest BCUT2D eigenvalue weighted by Crippen LogP contribution is 2.27. The summed E-state index contributed by atoms with van der Waals surface area (Å²) in [5.74, 6) is 0. The quantitative estimate of drug-likeness (QED) is 0.383. The average molecular weight is 378 g/mol. The third kappa shape index (κ3) is 3.73. The molecular weight excluding hydrogens is 360 g/mol. The van der Waals surface area contributed by atoms with Gasteiger partial charge in [0.1, 0.15) is 0 Å². The van der Waals surface area contributed by atoms with Gasteiger partial charge in [-0.15, -0.1) is 11.3 Å². The van der Waals surface area contributed by atoms with E-state index in [0.29, 0.717) is 5.13 Å². The first-order valence-corrected chi connectivity index (χ1v) is 9.61. The minimum absolute atomic E-state index is 0.0712. The molecule has 2 aromatic carbocycles. The van der Waals surface area contributed by atoms with E-state index < -0.39 is 4.92 Å². The summed E-state index contributed by atoms with van der Waals surface area (Å²) in [4.78, 5) is 14.8. The van der Waals surface area contributed by atoms with Crippen molar-refractivity contribution in [3.63, 3.8) is 0 Å². The molecule has 0 spiro atoms. The zero-order valence-corrected chi connectivity index (χ0v) is 15.6. The lowest BCUT2D eigenvalue weighted by atomic mass is 10.0. The Morgan fingerprint density at radius 3 is 2.74 bits per heavy atom. The fraction of sp³-hybridized carbons (Fsp3) is 0.200. The van der Waals surface area contributed by atoms with E-state index in [9.17, 15) is 10.1 Å². The van der Waals surface area contributed by atoms with E-state index in [1.165, 1.54) is 47.4 Å². The number of hydrogen-bond donors (Lipinski definition) is 1. The molecule has 4 rings (SSSR count). The highest BCUT2D eigenvalue weighted by atomic mass is 32.1. The van der Waals surface area contributed by atoms with Gasteiger partial charge >= 0.3 is 0 Å². The molecule has 0 saturated carbocycles. The zero-order valence-electron chi connectivity index (χ0n) is 14.8. The maximum Gasteiger partial charge on any atom is 0.269 e. The van der Waals surface area contributed by atoms with Crippen LogP contribution in [0, 0.1) is 10.1 Å². The average Bonchev–Trinajstić information content (AvgIpc) is 3.35. The monoisotopic (exact) mass is 378 g/mol. The van der Waals surface area contributed by atoms with Crippen LogP contribution in [0.1, 0.15) is 30.0 Å². The van der Waals surface area contributed by atoms with E-state index in [4.69, 9.17) is 0 Å². The van der Waals surface area contributed by atoms with Crippen molar-refractivity contribution in [1.82, 2.24) is 4.98 Å². The van der Waals surface area contributed by atoms with Gasteiger partial charge in [0.05, 0.1) is 16.3 Å². The molecule has 0 bridgehead atoms. The molecule has 1 N–H and O–H groups in total. The van der Waals surface area contributed by atoms with Gasteiger partial charge in [0.15, 0.2) is 0 Å². The van der Waals surface area contributed by atoms with E-state index >= 15 is 0 Å². The van der Waals surface area contributed by atoms with Gasteiger partial charge in [-0.1, -0.05) is 12.1 Å². The minimum Gasteiger partial charge on any atom is -0.258 e. The number of aryl methyl sites for hydroxylation is 2. The Bertz CT molecular complexity index is 1020. The molecule has 1 heterocycles. The summed E-state index contributed by atoms with van der Waals surface area (Å²) in [6.45, 7) is 1.98. The van der Waals surface area contributed by atoms with E-state index in [0.717, 1.165) is 29.0 Å². The van der Waals surface area contributed by atoms with Crippen LogP contribution in [0.2, 0.25) is 0 Å². The van der Waals surface area contributed by atoms with E-state index in [1.807, 2.05) is 12.3 Å². The van der Waals surface area contributed by atoms with Gasteiger partial charge in [0, 0.05) is 23.1 Å². The predicted molar refractivity (Wildman–Crippen MR) is 109 cm³/mol. The third-order valence-corrected chi connectivity index (χ3v) is 5.46. The van der Waals surface area contributed by atoms with Gasteiger partial charge in [0.2, 0.25) is 5.13 Å². The van der Waals surface area contributed by atoms with Crippen molar-refractivity contribution in [1.29, 1.82) is 0 Å². The third-order valence-electron chi connectivity index (χ3n) is 4.71.